The summed E-state index contributed by atoms with van der Waals surface area (Å²) in [6, 6.07) is 13.5. The number of likely N-dealkylation sites (N-methyl/N-ethyl adjacent to an activating group) is 1. The Morgan fingerprint density at radius 1 is 1.22 bits per heavy atom. The number of carbonyl (C=O) groups is 1. The van der Waals surface area contributed by atoms with Gasteiger partial charge < -0.3 is 4.74 Å². The van der Waals surface area contributed by atoms with E-state index in [1.54, 1.807) is 13.1 Å². The fourth-order valence-corrected chi connectivity index (χ4v) is 3.23. The average molecular weight is 449 g/mol. The smallest absolute Gasteiger partial charge is 0.310 e. The lowest BCUT2D eigenvalue weighted by molar-refractivity contribution is -0.385. The normalized spacial score (nSPS) is 10.4. The van der Waals surface area contributed by atoms with Crippen molar-refractivity contribution < 1.29 is 14.5 Å². The predicted octanol–water partition coefficient (Wildman–Crippen LogP) is 3.92. The molecule has 0 N–H and O–H groups in total. The lowest BCUT2D eigenvalue weighted by Crippen LogP contribution is -2.31. The molecule has 0 bridgehead atoms. The zero-order chi connectivity index (χ0) is 19.4. The number of para-hydroxylation sites is 2. The first-order valence-electron chi connectivity index (χ1n) is 7.68. The van der Waals surface area contributed by atoms with Crippen LogP contribution in [0.1, 0.15) is 0 Å². The van der Waals surface area contributed by atoms with Gasteiger partial charge in [-0.1, -0.05) is 51.5 Å². The summed E-state index contributed by atoms with van der Waals surface area (Å²) >= 11 is 4.64. The number of halogens is 1. The number of rotatable bonds is 6. The minimum atomic E-state index is -0.557. The van der Waals surface area contributed by atoms with E-state index in [0.717, 1.165) is 10.0 Å². The molecular formula is C17H13BrN4O4S. The number of hydrogen-bond donors (Lipinski definition) is 0. The maximum atomic E-state index is 12.4. The molecule has 2 aromatic carbocycles. The van der Waals surface area contributed by atoms with Gasteiger partial charge in [0.2, 0.25) is 5.13 Å². The highest BCUT2D eigenvalue weighted by molar-refractivity contribution is 9.10. The number of anilines is 1. The number of nitro benzene ring substituents is 1. The summed E-state index contributed by atoms with van der Waals surface area (Å²) in [5.41, 5.74) is 0.695. The molecule has 0 radical (unpaired) electrons. The maximum Gasteiger partial charge on any atom is 0.310 e. The molecule has 10 heteroatoms. The number of ether oxygens (including phenoxy) is 1. The molecule has 8 nitrogen and oxygen atoms in total. The van der Waals surface area contributed by atoms with Crippen LogP contribution in [-0.4, -0.2) is 34.7 Å². The van der Waals surface area contributed by atoms with Gasteiger partial charge in [-0.3, -0.25) is 19.8 Å². The van der Waals surface area contributed by atoms with E-state index >= 15 is 0 Å². The van der Waals surface area contributed by atoms with Gasteiger partial charge in [-0.05, 0) is 18.2 Å². The predicted molar refractivity (Wildman–Crippen MR) is 105 cm³/mol. The highest BCUT2D eigenvalue weighted by atomic mass is 79.9. The molecule has 0 aliphatic heterocycles. The summed E-state index contributed by atoms with van der Waals surface area (Å²) in [5.74, 6) is -0.358. The summed E-state index contributed by atoms with van der Waals surface area (Å²) in [5, 5.41) is 20.2. The molecule has 1 amide bonds. The number of carbonyl (C=O) groups excluding carboxylic acids is 1. The molecule has 1 aromatic heterocycles. The Morgan fingerprint density at radius 2 is 1.93 bits per heavy atom. The Labute approximate surface area is 166 Å². The minimum absolute atomic E-state index is 0.0389. The van der Waals surface area contributed by atoms with Crippen LogP contribution in [0.3, 0.4) is 0 Å². The van der Waals surface area contributed by atoms with Gasteiger partial charge in [0.15, 0.2) is 12.4 Å². The third kappa shape index (κ3) is 4.47. The number of benzene rings is 2. The summed E-state index contributed by atoms with van der Waals surface area (Å²) in [7, 11) is 1.55. The second kappa shape index (κ2) is 8.23. The Balaban J connectivity index is 1.68. The second-order valence-electron chi connectivity index (χ2n) is 5.36. The monoisotopic (exact) mass is 448 g/mol. The average Bonchev–Trinajstić information content (AvgIpc) is 3.16. The fraction of sp³-hybridized carbons (Fsp3) is 0.118. The lowest BCUT2D eigenvalue weighted by atomic mass is 10.2. The highest BCUT2D eigenvalue weighted by Gasteiger charge is 2.19. The van der Waals surface area contributed by atoms with Crippen LogP contribution < -0.4 is 9.64 Å². The summed E-state index contributed by atoms with van der Waals surface area (Å²) in [4.78, 5) is 24.1. The van der Waals surface area contributed by atoms with Crippen LogP contribution >= 0.6 is 27.3 Å². The summed E-state index contributed by atoms with van der Waals surface area (Å²) in [6.07, 6.45) is 0. The van der Waals surface area contributed by atoms with E-state index < -0.39 is 10.8 Å². The Kier molecular flexibility index (Phi) is 5.77. The van der Waals surface area contributed by atoms with E-state index in [1.807, 2.05) is 24.3 Å². The molecule has 0 aliphatic carbocycles. The van der Waals surface area contributed by atoms with Crippen LogP contribution in [0.2, 0.25) is 0 Å². The fourth-order valence-electron chi connectivity index (χ4n) is 2.13. The van der Waals surface area contributed by atoms with Crippen molar-refractivity contribution >= 4 is 44.0 Å². The third-order valence-electron chi connectivity index (χ3n) is 3.58. The van der Waals surface area contributed by atoms with Crippen LogP contribution in [-0.2, 0) is 4.79 Å². The number of nitro groups is 1. The molecule has 0 saturated carbocycles. The Morgan fingerprint density at radius 3 is 2.63 bits per heavy atom. The molecule has 3 rings (SSSR count). The largest absolute Gasteiger partial charge is 0.477 e. The van der Waals surface area contributed by atoms with Crippen molar-refractivity contribution in [3.63, 3.8) is 0 Å². The van der Waals surface area contributed by atoms with Crippen LogP contribution in [0.4, 0.5) is 10.8 Å². The molecule has 0 aliphatic rings. The van der Waals surface area contributed by atoms with Gasteiger partial charge in [-0.25, -0.2) is 0 Å². The first-order valence-corrected chi connectivity index (χ1v) is 9.29. The number of nitrogens with zero attached hydrogens (tertiary/aromatic N) is 4. The third-order valence-corrected chi connectivity index (χ3v) is 5.16. The zero-order valence-corrected chi connectivity index (χ0v) is 16.4. The van der Waals surface area contributed by atoms with Gasteiger partial charge in [0.05, 0.1) is 4.92 Å². The number of amides is 1. The SMILES string of the molecule is CN(C(=O)COc1ccccc1[N+](=O)[O-])c1nnc(-c2ccc(Br)cc2)s1. The van der Waals surface area contributed by atoms with Gasteiger partial charge in [0, 0.05) is 23.2 Å². The van der Waals surface area contributed by atoms with Gasteiger partial charge in [0.25, 0.3) is 5.91 Å². The van der Waals surface area contributed by atoms with Crippen LogP contribution in [0.15, 0.2) is 53.0 Å². The van der Waals surface area contributed by atoms with Crippen molar-refractivity contribution in [1.29, 1.82) is 0 Å². The van der Waals surface area contributed by atoms with Gasteiger partial charge in [-0.2, -0.15) is 0 Å². The molecule has 0 spiro atoms. The molecule has 1 heterocycles. The molecule has 0 unspecified atom stereocenters. The van der Waals surface area contributed by atoms with Crippen molar-refractivity contribution in [2.75, 3.05) is 18.6 Å². The Hall–Kier alpha value is -2.85. The van der Waals surface area contributed by atoms with Crippen LogP contribution in [0.5, 0.6) is 5.75 Å². The van der Waals surface area contributed by atoms with E-state index in [2.05, 4.69) is 26.1 Å². The number of hydrogen-bond acceptors (Lipinski definition) is 7. The standard InChI is InChI=1S/C17H13BrN4O4S/c1-21(15(23)10-26-14-5-3-2-4-13(14)22(24)25)17-20-19-16(27-17)11-6-8-12(18)9-7-11/h2-9H,10H2,1H3. The molecule has 0 fully saturated rings. The maximum absolute atomic E-state index is 12.4. The molecule has 0 atom stereocenters. The molecule has 3 aromatic rings. The van der Waals surface area contributed by atoms with Crippen molar-refractivity contribution in [2.24, 2.45) is 0 Å². The zero-order valence-electron chi connectivity index (χ0n) is 14.0. The minimum Gasteiger partial charge on any atom is -0.477 e. The van der Waals surface area contributed by atoms with Gasteiger partial charge in [-0.15, -0.1) is 10.2 Å². The lowest BCUT2D eigenvalue weighted by Gasteiger charge is -2.13. The van der Waals surface area contributed by atoms with E-state index in [1.165, 1.54) is 34.4 Å². The first-order chi connectivity index (χ1) is 13.0. The number of aromatic nitrogens is 2. The van der Waals surface area contributed by atoms with E-state index in [4.69, 9.17) is 4.74 Å². The molecule has 138 valence electrons. The summed E-state index contributed by atoms with van der Waals surface area (Å²) < 4.78 is 6.28. The van der Waals surface area contributed by atoms with E-state index in [-0.39, 0.29) is 18.0 Å². The summed E-state index contributed by atoms with van der Waals surface area (Å²) in [6.45, 7) is -0.353. The highest BCUT2D eigenvalue weighted by Crippen LogP contribution is 2.29. The first kappa shape index (κ1) is 18.9. The molecule has 27 heavy (non-hydrogen) atoms. The quantitative estimate of drug-likeness (QED) is 0.418. The van der Waals surface area contributed by atoms with Crippen molar-refractivity contribution in [3.05, 3.63) is 63.1 Å². The topological polar surface area (TPSA) is 98.5 Å². The van der Waals surface area contributed by atoms with Crippen LogP contribution in [0, 0.1) is 10.1 Å². The van der Waals surface area contributed by atoms with E-state index in [9.17, 15) is 14.9 Å². The Bertz CT molecular complexity index is 977. The van der Waals surface area contributed by atoms with Crippen molar-refractivity contribution in [2.45, 2.75) is 0 Å². The molecule has 0 saturated heterocycles. The van der Waals surface area contributed by atoms with Gasteiger partial charge >= 0.3 is 5.69 Å². The second-order valence-corrected chi connectivity index (χ2v) is 7.23. The van der Waals surface area contributed by atoms with E-state index in [0.29, 0.717) is 10.1 Å². The van der Waals surface area contributed by atoms with Crippen molar-refractivity contribution in [1.82, 2.24) is 10.2 Å². The van der Waals surface area contributed by atoms with Crippen molar-refractivity contribution in [3.8, 4) is 16.3 Å². The molecular weight excluding hydrogens is 436 g/mol. The van der Waals surface area contributed by atoms with Crippen LogP contribution in [0.25, 0.3) is 10.6 Å². The van der Waals surface area contributed by atoms with Gasteiger partial charge in [0.1, 0.15) is 5.01 Å².